The van der Waals surface area contributed by atoms with E-state index in [1.165, 1.54) is 5.57 Å². The Balaban J connectivity index is -0.000000470. The van der Waals surface area contributed by atoms with Gasteiger partial charge in [0.25, 0.3) is 6.47 Å². The van der Waals surface area contributed by atoms with Crippen LogP contribution in [0.25, 0.3) is 0 Å². The zero-order valence-corrected chi connectivity index (χ0v) is 25.3. The summed E-state index contributed by atoms with van der Waals surface area (Å²) in [6.07, 6.45) is 15.5. The van der Waals surface area contributed by atoms with Crippen molar-refractivity contribution >= 4 is 13.3 Å². The van der Waals surface area contributed by atoms with Crippen LogP contribution in [0.1, 0.15) is 60.3 Å². The summed E-state index contributed by atoms with van der Waals surface area (Å²) >= 11 is 0. The van der Waals surface area contributed by atoms with Gasteiger partial charge in [-0.3, -0.25) is 4.79 Å². The van der Waals surface area contributed by atoms with E-state index in [4.69, 9.17) is 19.4 Å². The molecule has 218 valence electrons. The van der Waals surface area contributed by atoms with Gasteiger partial charge in [0, 0.05) is 0 Å². The Morgan fingerprint density at radius 3 is 1.85 bits per heavy atom. The summed E-state index contributed by atoms with van der Waals surface area (Å²) in [4.78, 5) is 18.6. The van der Waals surface area contributed by atoms with Crippen molar-refractivity contribution in [1.82, 2.24) is 0 Å². The molecule has 0 aromatic carbocycles. The number of hydrogen-bond donors (Lipinski definition) is 1. The highest BCUT2D eigenvalue weighted by Gasteiger charge is 2.09. The average Bonchev–Trinajstić information content (AvgIpc) is 2.91. The molecule has 0 saturated carbocycles. The number of methoxy groups -OCH3 is 1. The number of rotatable bonds is 16. The van der Waals surface area contributed by atoms with E-state index in [-0.39, 0.29) is 13.2 Å². The molecule has 0 aromatic heterocycles. The maximum Gasteiger partial charge on any atom is 0.293 e. The first-order valence-corrected chi connectivity index (χ1v) is 12.6. The van der Waals surface area contributed by atoms with Crippen LogP contribution in [0.3, 0.4) is 0 Å². The molecule has 0 fully saturated rings. The summed E-state index contributed by atoms with van der Waals surface area (Å²) < 4.78 is 9.99. The van der Waals surface area contributed by atoms with Crippen molar-refractivity contribution in [2.75, 3.05) is 20.3 Å². The van der Waals surface area contributed by atoms with E-state index in [2.05, 4.69) is 46.4 Å². The Hall–Kier alpha value is -3.70. The minimum Gasteiger partial charge on any atom is -0.497 e. The lowest BCUT2D eigenvalue weighted by Crippen LogP contribution is -2.00. The van der Waals surface area contributed by atoms with E-state index in [9.17, 15) is 4.79 Å². The first-order valence-electron chi connectivity index (χ1n) is 12.6. The SMILES string of the molecule is C=C(/C=C\C(=C)C(=C)/C(=C\C(=C)/C(=C/C=C\C)COC=O)CCCCC)OC.C=C(C)C.C=C(C)CO.C=O. The minimum atomic E-state index is 0.111. The number of unbranched alkanes of at least 4 members (excludes halogenated alkanes) is 2. The number of carbonyl (C=O) groups is 2. The van der Waals surface area contributed by atoms with Gasteiger partial charge in [-0.25, -0.2) is 0 Å². The van der Waals surface area contributed by atoms with Crippen LogP contribution >= 0.6 is 0 Å². The molecule has 39 heavy (non-hydrogen) atoms. The number of carbonyl (C=O) groups excluding carboxylic acids is 2. The minimum absolute atomic E-state index is 0.111. The smallest absolute Gasteiger partial charge is 0.293 e. The molecule has 0 atom stereocenters. The Labute approximate surface area is 238 Å². The fourth-order valence-corrected chi connectivity index (χ4v) is 2.33. The highest BCUT2D eigenvalue weighted by atomic mass is 16.5. The number of hydrogen-bond acceptors (Lipinski definition) is 5. The second kappa shape index (κ2) is 30.5. The lowest BCUT2D eigenvalue weighted by Gasteiger charge is -2.14. The molecule has 0 amide bonds. The van der Waals surface area contributed by atoms with Crippen LogP contribution in [-0.4, -0.2) is 38.7 Å². The molecule has 0 unspecified atom stereocenters. The van der Waals surface area contributed by atoms with E-state index in [0.29, 0.717) is 12.2 Å². The van der Waals surface area contributed by atoms with Gasteiger partial charge in [0.2, 0.25) is 0 Å². The van der Waals surface area contributed by atoms with Crippen molar-refractivity contribution in [2.45, 2.75) is 60.3 Å². The molecule has 0 heterocycles. The van der Waals surface area contributed by atoms with Crippen LogP contribution in [0.2, 0.25) is 0 Å². The lowest BCUT2D eigenvalue weighted by atomic mass is 9.92. The Morgan fingerprint density at radius 2 is 1.44 bits per heavy atom. The van der Waals surface area contributed by atoms with Gasteiger partial charge in [0.1, 0.15) is 19.2 Å². The number of aliphatic hydroxyl groups excluding tert-OH is 1. The maximum atomic E-state index is 10.6. The van der Waals surface area contributed by atoms with Crippen LogP contribution in [0, 0.1) is 0 Å². The zero-order valence-electron chi connectivity index (χ0n) is 25.3. The standard InChI is InChI=1S/C25H34O3.C4H8O.C4H8.CH2O/c1-8-10-12-14-24(23(6)20(3)15-16-22(5)27-7)17-21(4)25(13-11-9-2)18-28-19-26;1-4(2)3-5;1-4(2)3;1-2/h9,11,13,15-17,19H,3-6,8,10,12,14,18H2,1-2,7H3;5H,1,3H2,2H3;1H2,2-3H3;1H2/b11-9-,16-15-,24-17-,25-13+;;;. The summed E-state index contributed by atoms with van der Waals surface area (Å²) in [6.45, 7) is 35.8. The van der Waals surface area contributed by atoms with Crippen molar-refractivity contribution in [3.05, 3.63) is 121 Å². The summed E-state index contributed by atoms with van der Waals surface area (Å²) in [5.74, 6) is 0.553. The van der Waals surface area contributed by atoms with E-state index < -0.39 is 0 Å². The van der Waals surface area contributed by atoms with Gasteiger partial charge in [-0.15, -0.1) is 6.58 Å². The largest absolute Gasteiger partial charge is 0.497 e. The molecular weight excluding hydrogens is 488 g/mol. The molecule has 0 saturated heterocycles. The molecule has 0 aliphatic carbocycles. The summed E-state index contributed by atoms with van der Waals surface area (Å²) in [5.41, 5.74) is 6.29. The van der Waals surface area contributed by atoms with Gasteiger partial charge in [0.15, 0.2) is 0 Å². The topological polar surface area (TPSA) is 72.8 Å². The van der Waals surface area contributed by atoms with Gasteiger partial charge in [-0.2, -0.15) is 0 Å². The molecule has 0 spiro atoms. The third-order valence-corrected chi connectivity index (χ3v) is 4.39. The monoisotopic (exact) mass is 540 g/mol. The highest BCUT2D eigenvalue weighted by Crippen LogP contribution is 2.26. The molecule has 5 heteroatoms. The Morgan fingerprint density at radius 1 is 0.897 bits per heavy atom. The molecule has 5 nitrogen and oxygen atoms in total. The second-order valence-corrected chi connectivity index (χ2v) is 8.61. The molecule has 0 aromatic rings. The fraction of sp³-hybridized carbons (Fsp3) is 0.353. The van der Waals surface area contributed by atoms with Crippen molar-refractivity contribution in [3.8, 4) is 0 Å². The number of aliphatic hydroxyl groups is 1. The third kappa shape index (κ3) is 30.4. The van der Waals surface area contributed by atoms with Crippen molar-refractivity contribution in [2.24, 2.45) is 0 Å². The van der Waals surface area contributed by atoms with Gasteiger partial charge in [-0.05, 0) is 74.5 Å². The molecule has 1 N–H and O–H groups in total. The lowest BCUT2D eigenvalue weighted by molar-refractivity contribution is -0.127. The van der Waals surface area contributed by atoms with Gasteiger partial charge in [0.05, 0.1) is 13.7 Å². The number of ether oxygens (including phenoxy) is 2. The highest BCUT2D eigenvalue weighted by molar-refractivity contribution is 5.54. The summed E-state index contributed by atoms with van der Waals surface area (Å²) in [5, 5.41) is 8.04. The molecular formula is C34H52O5. The van der Waals surface area contributed by atoms with Gasteiger partial charge in [-0.1, -0.05) is 94.2 Å². The quantitative estimate of drug-likeness (QED) is 0.0698. The Bertz CT molecular complexity index is 891. The van der Waals surface area contributed by atoms with E-state index >= 15 is 0 Å². The van der Waals surface area contributed by atoms with Crippen LogP contribution < -0.4 is 0 Å². The van der Waals surface area contributed by atoms with Crippen molar-refractivity contribution in [1.29, 1.82) is 0 Å². The zero-order chi connectivity index (χ0) is 31.2. The van der Waals surface area contributed by atoms with E-state index in [0.717, 1.165) is 59.1 Å². The average molecular weight is 541 g/mol. The molecule has 0 rings (SSSR count). The Kier molecular flexibility index (Phi) is 33.2. The van der Waals surface area contributed by atoms with Crippen LogP contribution in [-0.2, 0) is 19.1 Å². The molecule has 0 aliphatic rings. The first-order chi connectivity index (χ1) is 18.4. The normalized spacial score (nSPS) is 10.5. The second-order valence-electron chi connectivity index (χ2n) is 8.61. The third-order valence-electron chi connectivity index (χ3n) is 4.39. The van der Waals surface area contributed by atoms with E-state index in [1.807, 2.05) is 57.9 Å². The molecule has 0 bridgehead atoms. The summed E-state index contributed by atoms with van der Waals surface area (Å²) in [7, 11) is 1.57. The van der Waals surface area contributed by atoms with Gasteiger partial charge >= 0.3 is 0 Å². The van der Waals surface area contributed by atoms with E-state index in [1.54, 1.807) is 20.1 Å². The van der Waals surface area contributed by atoms with Crippen LogP contribution in [0.15, 0.2) is 121 Å². The number of allylic oxidation sites excluding steroid dienone is 10. The predicted molar refractivity (Wildman–Crippen MR) is 169 cm³/mol. The molecule has 0 aliphatic heterocycles. The molecule has 0 radical (unpaired) electrons. The van der Waals surface area contributed by atoms with Crippen molar-refractivity contribution < 1.29 is 24.2 Å². The summed E-state index contributed by atoms with van der Waals surface area (Å²) in [6, 6.07) is 0. The fourth-order valence-electron chi connectivity index (χ4n) is 2.33. The maximum absolute atomic E-state index is 10.6. The van der Waals surface area contributed by atoms with Crippen molar-refractivity contribution in [3.63, 3.8) is 0 Å². The predicted octanol–water partition coefficient (Wildman–Crippen LogP) is 8.51. The van der Waals surface area contributed by atoms with Gasteiger partial charge < -0.3 is 19.4 Å². The first kappa shape index (κ1) is 42.4. The van der Waals surface area contributed by atoms with Crippen LogP contribution in [0.5, 0.6) is 0 Å². The van der Waals surface area contributed by atoms with Crippen LogP contribution in [0.4, 0.5) is 0 Å².